The molecule has 0 atom stereocenters. The minimum absolute atomic E-state index is 0.324. The minimum atomic E-state index is -0.887. The second-order valence-corrected chi connectivity index (χ2v) is 6.14. The van der Waals surface area contributed by atoms with Gasteiger partial charge in [0.15, 0.2) is 0 Å². The second kappa shape index (κ2) is 5.53. The molecular formula is C17H18N4O2. The van der Waals surface area contributed by atoms with Gasteiger partial charge in [-0.25, -0.2) is 14.8 Å². The lowest BCUT2D eigenvalue weighted by Crippen LogP contribution is -2.35. The molecule has 1 aliphatic heterocycles. The predicted molar refractivity (Wildman–Crippen MR) is 85.4 cm³/mol. The van der Waals surface area contributed by atoms with Crippen molar-refractivity contribution >= 4 is 12.0 Å². The maximum absolute atomic E-state index is 11.0. The standard InChI is InChI=1S/C17H18N4O2/c22-17(23)21-6-5-15-13(10-21)9-18-16(20-15)19-14-7-11-3-1-2-4-12(11)8-14/h1-4,9,14H,5-8,10H2,(H,22,23)(H,18,19,20). The third-order valence-electron chi connectivity index (χ3n) is 4.59. The summed E-state index contributed by atoms with van der Waals surface area (Å²) < 4.78 is 0. The first kappa shape index (κ1) is 14.0. The van der Waals surface area contributed by atoms with Crippen molar-refractivity contribution in [3.8, 4) is 0 Å². The fourth-order valence-corrected chi connectivity index (χ4v) is 3.39. The van der Waals surface area contributed by atoms with Gasteiger partial charge < -0.3 is 15.3 Å². The molecule has 2 N–H and O–H groups in total. The molecule has 6 nitrogen and oxygen atoms in total. The number of carboxylic acid groups (broad SMARTS) is 1. The number of fused-ring (bicyclic) bond motifs is 2. The number of hydrogen-bond donors (Lipinski definition) is 2. The van der Waals surface area contributed by atoms with Crippen LogP contribution in [0, 0.1) is 0 Å². The Hall–Kier alpha value is -2.63. The van der Waals surface area contributed by atoms with Gasteiger partial charge >= 0.3 is 6.09 Å². The molecule has 0 saturated carbocycles. The van der Waals surface area contributed by atoms with Gasteiger partial charge in [0.1, 0.15) is 0 Å². The first-order valence-corrected chi connectivity index (χ1v) is 7.85. The number of aromatic nitrogens is 2. The van der Waals surface area contributed by atoms with Crippen molar-refractivity contribution in [1.82, 2.24) is 14.9 Å². The number of nitrogens with zero attached hydrogens (tertiary/aromatic N) is 3. The van der Waals surface area contributed by atoms with Crippen molar-refractivity contribution < 1.29 is 9.90 Å². The SMILES string of the molecule is O=C(O)N1CCc2nc(NC3Cc4ccccc4C3)ncc2C1. The molecule has 0 radical (unpaired) electrons. The Kier molecular flexibility index (Phi) is 3.37. The molecule has 1 amide bonds. The van der Waals surface area contributed by atoms with Crippen molar-refractivity contribution in [1.29, 1.82) is 0 Å². The molecule has 23 heavy (non-hydrogen) atoms. The molecule has 6 heteroatoms. The van der Waals surface area contributed by atoms with Gasteiger partial charge in [-0.1, -0.05) is 24.3 Å². The van der Waals surface area contributed by atoms with Crippen molar-refractivity contribution in [3.05, 3.63) is 52.8 Å². The number of carbonyl (C=O) groups is 1. The molecule has 1 aromatic carbocycles. The van der Waals surface area contributed by atoms with E-state index in [0.29, 0.717) is 31.5 Å². The Morgan fingerprint density at radius 1 is 1.22 bits per heavy atom. The van der Waals surface area contributed by atoms with E-state index in [-0.39, 0.29) is 0 Å². The van der Waals surface area contributed by atoms with Crippen molar-refractivity contribution in [2.45, 2.75) is 31.8 Å². The van der Waals surface area contributed by atoms with Crippen LogP contribution in [0.5, 0.6) is 0 Å². The fourth-order valence-electron chi connectivity index (χ4n) is 3.39. The highest BCUT2D eigenvalue weighted by Crippen LogP contribution is 2.24. The second-order valence-electron chi connectivity index (χ2n) is 6.14. The van der Waals surface area contributed by atoms with E-state index >= 15 is 0 Å². The Bertz CT molecular complexity index is 737. The third kappa shape index (κ3) is 2.72. The average Bonchev–Trinajstić information content (AvgIpc) is 2.96. The Labute approximate surface area is 134 Å². The van der Waals surface area contributed by atoms with E-state index in [1.807, 2.05) is 0 Å². The molecule has 4 rings (SSSR count). The quantitative estimate of drug-likeness (QED) is 0.888. The molecule has 1 aliphatic carbocycles. The minimum Gasteiger partial charge on any atom is -0.465 e. The van der Waals surface area contributed by atoms with Crippen LogP contribution in [-0.4, -0.2) is 38.7 Å². The van der Waals surface area contributed by atoms with E-state index in [0.717, 1.165) is 24.1 Å². The summed E-state index contributed by atoms with van der Waals surface area (Å²) in [5, 5.41) is 12.5. The van der Waals surface area contributed by atoms with E-state index < -0.39 is 6.09 Å². The van der Waals surface area contributed by atoms with E-state index in [1.165, 1.54) is 16.0 Å². The number of rotatable bonds is 2. The van der Waals surface area contributed by atoms with Crippen LogP contribution in [0.3, 0.4) is 0 Å². The molecule has 0 spiro atoms. The highest BCUT2D eigenvalue weighted by atomic mass is 16.4. The van der Waals surface area contributed by atoms with Gasteiger partial charge in [-0.05, 0) is 24.0 Å². The summed E-state index contributed by atoms with van der Waals surface area (Å²) in [6.07, 6.45) is 3.49. The molecule has 0 unspecified atom stereocenters. The molecule has 2 heterocycles. The van der Waals surface area contributed by atoms with Gasteiger partial charge in [0.25, 0.3) is 0 Å². The summed E-state index contributed by atoms with van der Waals surface area (Å²) in [5.41, 5.74) is 4.63. The van der Waals surface area contributed by atoms with Crippen molar-refractivity contribution in [2.75, 3.05) is 11.9 Å². The van der Waals surface area contributed by atoms with Crippen LogP contribution in [0.25, 0.3) is 0 Å². The maximum atomic E-state index is 11.0. The Balaban J connectivity index is 1.47. The Morgan fingerprint density at radius 3 is 2.65 bits per heavy atom. The summed E-state index contributed by atoms with van der Waals surface area (Å²) in [7, 11) is 0. The summed E-state index contributed by atoms with van der Waals surface area (Å²) in [6.45, 7) is 0.869. The van der Waals surface area contributed by atoms with Crippen LogP contribution in [0.2, 0.25) is 0 Å². The first-order chi connectivity index (χ1) is 11.2. The monoisotopic (exact) mass is 310 g/mol. The highest BCUT2D eigenvalue weighted by molar-refractivity contribution is 5.65. The normalized spacial score (nSPS) is 16.8. The lowest BCUT2D eigenvalue weighted by Gasteiger charge is -2.25. The zero-order valence-electron chi connectivity index (χ0n) is 12.7. The number of nitrogens with one attached hydrogen (secondary N) is 1. The number of benzene rings is 1. The molecule has 0 fully saturated rings. The molecular weight excluding hydrogens is 292 g/mol. The van der Waals surface area contributed by atoms with Crippen LogP contribution >= 0.6 is 0 Å². The fraction of sp³-hybridized carbons (Fsp3) is 0.353. The molecule has 2 aliphatic rings. The summed E-state index contributed by atoms with van der Waals surface area (Å²) >= 11 is 0. The zero-order valence-corrected chi connectivity index (χ0v) is 12.7. The number of anilines is 1. The summed E-state index contributed by atoms with van der Waals surface area (Å²) in [4.78, 5) is 21.4. The van der Waals surface area contributed by atoms with E-state index in [2.05, 4.69) is 39.6 Å². The van der Waals surface area contributed by atoms with Crippen LogP contribution in [-0.2, 0) is 25.8 Å². The van der Waals surface area contributed by atoms with Gasteiger partial charge in [0, 0.05) is 30.8 Å². The lowest BCUT2D eigenvalue weighted by atomic mass is 10.1. The average molecular weight is 310 g/mol. The largest absolute Gasteiger partial charge is 0.465 e. The van der Waals surface area contributed by atoms with Gasteiger partial charge in [-0.3, -0.25) is 0 Å². The van der Waals surface area contributed by atoms with Crippen molar-refractivity contribution in [3.63, 3.8) is 0 Å². The third-order valence-corrected chi connectivity index (χ3v) is 4.59. The lowest BCUT2D eigenvalue weighted by molar-refractivity contribution is 0.139. The number of hydrogen-bond acceptors (Lipinski definition) is 4. The molecule has 0 saturated heterocycles. The molecule has 118 valence electrons. The Morgan fingerprint density at radius 2 is 1.96 bits per heavy atom. The topological polar surface area (TPSA) is 78.3 Å². The summed E-state index contributed by atoms with van der Waals surface area (Å²) in [5.74, 6) is 0.644. The smallest absolute Gasteiger partial charge is 0.407 e. The zero-order chi connectivity index (χ0) is 15.8. The summed E-state index contributed by atoms with van der Waals surface area (Å²) in [6, 6.07) is 8.82. The van der Waals surface area contributed by atoms with E-state index in [9.17, 15) is 4.79 Å². The van der Waals surface area contributed by atoms with E-state index in [4.69, 9.17) is 5.11 Å². The van der Waals surface area contributed by atoms with Gasteiger partial charge in [0.2, 0.25) is 5.95 Å². The van der Waals surface area contributed by atoms with Crippen LogP contribution in [0.4, 0.5) is 10.7 Å². The molecule has 1 aromatic heterocycles. The van der Waals surface area contributed by atoms with Gasteiger partial charge in [0.05, 0.1) is 12.2 Å². The van der Waals surface area contributed by atoms with Crippen molar-refractivity contribution in [2.24, 2.45) is 0 Å². The van der Waals surface area contributed by atoms with Crippen LogP contribution in [0.1, 0.15) is 22.4 Å². The number of amides is 1. The maximum Gasteiger partial charge on any atom is 0.407 e. The molecule has 2 aromatic rings. The van der Waals surface area contributed by atoms with E-state index in [1.54, 1.807) is 6.20 Å². The van der Waals surface area contributed by atoms with Gasteiger partial charge in [-0.15, -0.1) is 0 Å². The van der Waals surface area contributed by atoms with Crippen LogP contribution in [0.15, 0.2) is 30.5 Å². The predicted octanol–water partition coefficient (Wildman–Crippen LogP) is 2.09. The first-order valence-electron chi connectivity index (χ1n) is 7.85. The molecule has 0 bridgehead atoms. The van der Waals surface area contributed by atoms with Crippen LogP contribution < -0.4 is 5.32 Å². The van der Waals surface area contributed by atoms with Gasteiger partial charge in [-0.2, -0.15) is 0 Å². The highest BCUT2D eigenvalue weighted by Gasteiger charge is 2.24.